The average molecular weight is 312 g/mol. The molecule has 0 spiro atoms. The van der Waals surface area contributed by atoms with Crippen LogP contribution in [0, 0.1) is 0 Å². The summed E-state index contributed by atoms with van der Waals surface area (Å²) in [5, 5.41) is 7.37. The van der Waals surface area contributed by atoms with E-state index < -0.39 is 0 Å². The lowest BCUT2D eigenvalue weighted by atomic mass is 10.3. The fourth-order valence-electron chi connectivity index (χ4n) is 2.48. The topological polar surface area (TPSA) is 64.7 Å². The summed E-state index contributed by atoms with van der Waals surface area (Å²) in [7, 11) is 1.88. The van der Waals surface area contributed by atoms with Crippen LogP contribution in [0.25, 0.3) is 11.2 Å². The second kappa shape index (κ2) is 6.47. The quantitative estimate of drug-likeness (QED) is 0.825. The summed E-state index contributed by atoms with van der Waals surface area (Å²) in [5.74, 6) is 1.28. The summed E-state index contributed by atoms with van der Waals surface area (Å²) in [4.78, 5) is 16.7. The predicted molar refractivity (Wildman–Crippen MR) is 83.6 cm³/mol. The van der Waals surface area contributed by atoms with E-state index in [1.807, 2.05) is 32.4 Å². The highest BCUT2D eigenvalue weighted by Crippen LogP contribution is 2.20. The monoisotopic (exact) mass is 311 g/mol. The lowest BCUT2D eigenvalue weighted by Crippen LogP contribution is -2.33. The molecular weight excluding hydrogens is 290 g/mol. The van der Waals surface area contributed by atoms with Crippen LogP contribution in [0.1, 0.15) is 32.3 Å². The molecule has 1 N–H and O–H groups in total. The Kier molecular flexibility index (Phi) is 4.88. The van der Waals surface area contributed by atoms with Crippen molar-refractivity contribution < 1.29 is 4.79 Å². The maximum atomic E-state index is 12.1. The largest absolute Gasteiger partial charge is 0.352 e. The van der Waals surface area contributed by atoms with Crippen LogP contribution >= 0.6 is 11.6 Å². The van der Waals surface area contributed by atoms with E-state index in [0.29, 0.717) is 12.3 Å². The first kappa shape index (κ1) is 15.8. The van der Waals surface area contributed by atoms with Crippen molar-refractivity contribution in [2.45, 2.75) is 46.2 Å². The number of imidazole rings is 1. The van der Waals surface area contributed by atoms with E-state index in [4.69, 9.17) is 11.6 Å². The number of aromatic nitrogens is 4. The van der Waals surface area contributed by atoms with Gasteiger partial charge in [0.05, 0.1) is 5.69 Å². The maximum Gasteiger partial charge on any atom is 0.240 e. The number of carbonyl (C=O) groups excluding carboxylic acids is 1. The van der Waals surface area contributed by atoms with Crippen molar-refractivity contribution in [1.82, 2.24) is 24.6 Å². The predicted octanol–water partition coefficient (Wildman–Crippen LogP) is 1.64. The molecule has 0 saturated carbocycles. The van der Waals surface area contributed by atoms with Crippen LogP contribution in [0.4, 0.5) is 0 Å². The first-order valence-electron chi connectivity index (χ1n) is 7.24. The number of aryl methyl sites for hydroxylation is 3. The van der Waals surface area contributed by atoms with E-state index in [2.05, 4.69) is 15.4 Å². The maximum absolute atomic E-state index is 12.1. The van der Waals surface area contributed by atoms with Gasteiger partial charge in [-0.3, -0.25) is 9.48 Å². The summed E-state index contributed by atoms with van der Waals surface area (Å²) >= 11 is 5.86. The molecule has 2 heterocycles. The minimum absolute atomic E-state index is 0.0284. The molecule has 0 radical (unpaired) electrons. The molecule has 7 heteroatoms. The van der Waals surface area contributed by atoms with Gasteiger partial charge in [0.1, 0.15) is 17.9 Å². The number of fused-ring (bicyclic) bond motifs is 1. The molecule has 0 bridgehead atoms. The minimum atomic E-state index is -0.0284. The first-order valence-corrected chi connectivity index (χ1v) is 7.77. The van der Waals surface area contributed by atoms with Crippen LogP contribution in [0.5, 0.6) is 0 Å². The molecule has 0 unspecified atom stereocenters. The normalized spacial score (nSPS) is 11.5. The molecular formula is C14H22ClN5O. The summed E-state index contributed by atoms with van der Waals surface area (Å²) in [5.41, 5.74) is 2.70. The van der Waals surface area contributed by atoms with Gasteiger partial charge >= 0.3 is 0 Å². The van der Waals surface area contributed by atoms with Crippen LogP contribution in [-0.4, -0.2) is 37.2 Å². The van der Waals surface area contributed by atoms with Crippen LogP contribution in [-0.2, 0) is 31.2 Å². The number of carbonyl (C=O) groups is 1. The van der Waals surface area contributed by atoms with Gasteiger partial charge in [-0.05, 0) is 20.3 Å². The SMILES string of the molecule is CCc1nn(C)c2c1nc(CCCl)n2CC(=O)NC(C)C. The van der Waals surface area contributed by atoms with Gasteiger partial charge in [0.2, 0.25) is 5.91 Å². The summed E-state index contributed by atoms with van der Waals surface area (Å²) in [6, 6.07) is 0.116. The van der Waals surface area contributed by atoms with Crippen molar-refractivity contribution in [2.24, 2.45) is 7.05 Å². The molecule has 0 fully saturated rings. The van der Waals surface area contributed by atoms with Crippen LogP contribution in [0.3, 0.4) is 0 Å². The first-order chi connectivity index (χ1) is 9.97. The van der Waals surface area contributed by atoms with Gasteiger partial charge in [-0.1, -0.05) is 6.92 Å². The highest BCUT2D eigenvalue weighted by Gasteiger charge is 2.19. The third-order valence-corrected chi connectivity index (χ3v) is 3.46. The Bertz CT molecular complexity index is 643. The van der Waals surface area contributed by atoms with Gasteiger partial charge in [-0.15, -0.1) is 11.6 Å². The molecule has 1 amide bonds. The van der Waals surface area contributed by atoms with Gasteiger partial charge in [0.25, 0.3) is 0 Å². The Morgan fingerprint density at radius 2 is 2.14 bits per heavy atom. The molecule has 6 nitrogen and oxygen atoms in total. The number of halogens is 1. The molecule has 0 atom stereocenters. The lowest BCUT2D eigenvalue weighted by Gasteiger charge is -2.11. The Hall–Kier alpha value is -1.56. The van der Waals surface area contributed by atoms with Crippen LogP contribution in [0.2, 0.25) is 0 Å². The number of nitrogens with one attached hydrogen (secondary N) is 1. The zero-order chi connectivity index (χ0) is 15.6. The zero-order valence-electron chi connectivity index (χ0n) is 13.0. The standard InChI is InChI=1S/C14H22ClN5O/c1-5-10-13-14(19(4)18-10)20(11(17-13)6-7-15)8-12(21)16-9(2)3/h9H,5-8H2,1-4H3,(H,16,21). The zero-order valence-corrected chi connectivity index (χ0v) is 13.7. The summed E-state index contributed by atoms with van der Waals surface area (Å²) < 4.78 is 3.71. The Morgan fingerprint density at radius 3 is 2.71 bits per heavy atom. The molecule has 0 aliphatic rings. The summed E-state index contributed by atoms with van der Waals surface area (Å²) in [6.45, 7) is 6.18. The molecule has 0 aromatic carbocycles. The van der Waals surface area contributed by atoms with E-state index in [0.717, 1.165) is 29.1 Å². The van der Waals surface area contributed by atoms with E-state index in [-0.39, 0.29) is 18.5 Å². The minimum Gasteiger partial charge on any atom is -0.352 e. The lowest BCUT2D eigenvalue weighted by molar-refractivity contribution is -0.122. The van der Waals surface area contributed by atoms with Gasteiger partial charge in [0.15, 0.2) is 5.65 Å². The number of amides is 1. The number of hydrogen-bond donors (Lipinski definition) is 1. The molecule has 2 aromatic rings. The van der Waals surface area contributed by atoms with Gasteiger partial charge in [-0.2, -0.15) is 5.10 Å². The van der Waals surface area contributed by atoms with Crippen molar-refractivity contribution in [3.05, 3.63) is 11.5 Å². The molecule has 2 aromatic heterocycles. The number of alkyl halides is 1. The molecule has 2 rings (SSSR count). The number of hydrogen-bond acceptors (Lipinski definition) is 3. The Balaban J connectivity index is 2.45. The van der Waals surface area contributed by atoms with E-state index in [1.54, 1.807) is 4.68 Å². The highest BCUT2D eigenvalue weighted by atomic mass is 35.5. The van der Waals surface area contributed by atoms with E-state index >= 15 is 0 Å². The summed E-state index contributed by atoms with van der Waals surface area (Å²) in [6.07, 6.45) is 1.45. The second-order valence-electron chi connectivity index (χ2n) is 5.37. The van der Waals surface area contributed by atoms with Crippen molar-refractivity contribution in [1.29, 1.82) is 0 Å². The highest BCUT2D eigenvalue weighted by molar-refractivity contribution is 6.17. The molecule has 116 valence electrons. The Morgan fingerprint density at radius 1 is 1.43 bits per heavy atom. The van der Waals surface area contributed by atoms with Gasteiger partial charge in [-0.25, -0.2) is 4.98 Å². The van der Waals surface area contributed by atoms with Crippen molar-refractivity contribution in [2.75, 3.05) is 5.88 Å². The average Bonchev–Trinajstić information content (AvgIpc) is 2.88. The molecule has 21 heavy (non-hydrogen) atoms. The molecule has 0 aliphatic carbocycles. The van der Waals surface area contributed by atoms with E-state index in [1.165, 1.54) is 0 Å². The van der Waals surface area contributed by atoms with Crippen molar-refractivity contribution >= 4 is 28.7 Å². The fourth-order valence-corrected chi connectivity index (χ4v) is 2.65. The van der Waals surface area contributed by atoms with Crippen molar-refractivity contribution in [3.8, 4) is 0 Å². The number of nitrogens with zero attached hydrogens (tertiary/aromatic N) is 4. The van der Waals surface area contributed by atoms with Gasteiger partial charge in [0, 0.05) is 25.4 Å². The van der Waals surface area contributed by atoms with Crippen LogP contribution < -0.4 is 5.32 Å². The van der Waals surface area contributed by atoms with E-state index in [9.17, 15) is 4.79 Å². The van der Waals surface area contributed by atoms with Crippen molar-refractivity contribution in [3.63, 3.8) is 0 Å². The Labute approximate surface area is 129 Å². The molecule has 0 saturated heterocycles. The smallest absolute Gasteiger partial charge is 0.240 e. The van der Waals surface area contributed by atoms with Crippen LogP contribution in [0.15, 0.2) is 0 Å². The molecule has 0 aliphatic heterocycles. The third kappa shape index (κ3) is 3.20. The second-order valence-corrected chi connectivity index (χ2v) is 5.75. The third-order valence-electron chi connectivity index (χ3n) is 3.27. The number of rotatable bonds is 6. The fraction of sp³-hybridized carbons (Fsp3) is 0.643. The van der Waals surface area contributed by atoms with Gasteiger partial charge < -0.3 is 9.88 Å².